The van der Waals surface area contributed by atoms with Gasteiger partial charge in [-0.05, 0) is 45.7 Å². The highest BCUT2D eigenvalue weighted by atomic mass is 16.3. The number of aliphatic hydroxyl groups is 2. The maximum atomic E-state index is 12.4. The van der Waals surface area contributed by atoms with Gasteiger partial charge in [-0.25, -0.2) is 4.98 Å². The fraction of sp³-hybridized carbons (Fsp3) is 0.421. The number of nitrogens with zero attached hydrogens (tertiary/aromatic N) is 2. The summed E-state index contributed by atoms with van der Waals surface area (Å²) >= 11 is 0. The van der Waals surface area contributed by atoms with Gasteiger partial charge < -0.3 is 15.5 Å². The van der Waals surface area contributed by atoms with E-state index in [2.05, 4.69) is 15.3 Å². The van der Waals surface area contributed by atoms with E-state index >= 15 is 0 Å². The van der Waals surface area contributed by atoms with Gasteiger partial charge in [-0.15, -0.1) is 0 Å². The summed E-state index contributed by atoms with van der Waals surface area (Å²) < 4.78 is 0. The van der Waals surface area contributed by atoms with Crippen LogP contribution in [0.4, 0.5) is 0 Å². The van der Waals surface area contributed by atoms with Crippen molar-refractivity contribution in [3.05, 3.63) is 47.4 Å². The molecule has 25 heavy (non-hydrogen) atoms. The van der Waals surface area contributed by atoms with Gasteiger partial charge in [-0.2, -0.15) is 0 Å². The van der Waals surface area contributed by atoms with Crippen molar-refractivity contribution in [1.29, 1.82) is 0 Å². The Balaban J connectivity index is 2.13. The van der Waals surface area contributed by atoms with Crippen LogP contribution in [0.25, 0.3) is 11.3 Å². The predicted molar refractivity (Wildman–Crippen MR) is 96.2 cm³/mol. The number of hydrogen-bond acceptors (Lipinski definition) is 5. The van der Waals surface area contributed by atoms with Crippen molar-refractivity contribution < 1.29 is 15.0 Å². The Morgan fingerprint density at radius 3 is 2.80 bits per heavy atom. The van der Waals surface area contributed by atoms with Crippen LogP contribution in [-0.2, 0) is 0 Å². The highest BCUT2D eigenvalue weighted by Crippen LogP contribution is 2.21. The van der Waals surface area contributed by atoms with Gasteiger partial charge in [0.25, 0.3) is 5.91 Å². The Morgan fingerprint density at radius 1 is 1.32 bits per heavy atom. The minimum Gasteiger partial charge on any atom is -0.396 e. The van der Waals surface area contributed by atoms with Crippen LogP contribution in [0.1, 0.15) is 41.5 Å². The van der Waals surface area contributed by atoms with Gasteiger partial charge in [-0.1, -0.05) is 12.1 Å². The molecule has 0 saturated carbocycles. The molecule has 1 heterocycles. The molecule has 1 amide bonds. The van der Waals surface area contributed by atoms with E-state index in [0.29, 0.717) is 18.4 Å². The van der Waals surface area contributed by atoms with Gasteiger partial charge in [0, 0.05) is 30.5 Å². The smallest absolute Gasteiger partial charge is 0.251 e. The van der Waals surface area contributed by atoms with Crippen molar-refractivity contribution in [1.82, 2.24) is 15.3 Å². The zero-order chi connectivity index (χ0) is 18.4. The third-order valence-electron chi connectivity index (χ3n) is 3.98. The minimum atomic E-state index is -1.05. The fourth-order valence-corrected chi connectivity index (χ4v) is 2.54. The third kappa shape index (κ3) is 5.34. The van der Waals surface area contributed by atoms with Crippen LogP contribution in [0, 0.1) is 13.8 Å². The second-order valence-corrected chi connectivity index (χ2v) is 6.53. The average Bonchev–Trinajstić information content (AvgIpc) is 2.60. The van der Waals surface area contributed by atoms with E-state index in [0.717, 1.165) is 22.6 Å². The second-order valence-electron chi connectivity index (χ2n) is 6.53. The Bertz CT molecular complexity index is 744. The fourth-order valence-electron chi connectivity index (χ4n) is 2.54. The quantitative estimate of drug-likeness (QED) is 0.715. The van der Waals surface area contributed by atoms with Gasteiger partial charge in [0.1, 0.15) is 0 Å². The number of aryl methyl sites for hydroxylation is 2. The van der Waals surface area contributed by atoms with E-state index < -0.39 is 5.60 Å². The highest BCUT2D eigenvalue weighted by Gasteiger charge is 2.21. The summed E-state index contributed by atoms with van der Waals surface area (Å²) in [6.07, 6.45) is 2.62. The first-order valence-corrected chi connectivity index (χ1v) is 8.34. The summed E-state index contributed by atoms with van der Waals surface area (Å²) in [5, 5.41) is 21.8. The SMILES string of the molecule is Cc1cnc(C)c(-c2cccc(C(=O)NCC(C)(O)CCCO)c2)n1. The van der Waals surface area contributed by atoms with Crippen LogP contribution in [0.3, 0.4) is 0 Å². The Hall–Kier alpha value is -2.31. The van der Waals surface area contributed by atoms with Gasteiger partial charge in [-0.3, -0.25) is 9.78 Å². The number of rotatable bonds is 7. The summed E-state index contributed by atoms with van der Waals surface area (Å²) in [5.41, 5.74) is 2.65. The lowest BCUT2D eigenvalue weighted by Crippen LogP contribution is -2.40. The number of aliphatic hydroxyl groups excluding tert-OH is 1. The average molecular weight is 343 g/mol. The first kappa shape index (κ1) is 19.0. The molecule has 134 valence electrons. The number of carbonyl (C=O) groups is 1. The van der Waals surface area contributed by atoms with Crippen molar-refractivity contribution >= 4 is 5.91 Å². The maximum absolute atomic E-state index is 12.4. The topological polar surface area (TPSA) is 95.3 Å². The lowest BCUT2D eigenvalue weighted by atomic mass is 10.00. The van der Waals surface area contributed by atoms with E-state index in [9.17, 15) is 9.90 Å². The first-order valence-electron chi connectivity index (χ1n) is 8.34. The molecule has 2 rings (SSSR count). The number of benzene rings is 1. The molecule has 1 aromatic carbocycles. The van der Waals surface area contributed by atoms with E-state index in [1.165, 1.54) is 0 Å². The van der Waals surface area contributed by atoms with Crippen molar-refractivity contribution in [3.8, 4) is 11.3 Å². The Kier molecular flexibility index (Phi) is 6.22. The summed E-state index contributed by atoms with van der Waals surface area (Å²) in [4.78, 5) is 21.2. The molecule has 6 heteroatoms. The monoisotopic (exact) mass is 343 g/mol. The second kappa shape index (κ2) is 8.18. The molecule has 1 unspecified atom stereocenters. The van der Waals surface area contributed by atoms with Gasteiger partial charge in [0.2, 0.25) is 0 Å². The molecule has 3 N–H and O–H groups in total. The molecular weight excluding hydrogens is 318 g/mol. The number of amides is 1. The zero-order valence-corrected chi connectivity index (χ0v) is 14.9. The first-order chi connectivity index (χ1) is 11.8. The molecule has 0 radical (unpaired) electrons. The normalized spacial score (nSPS) is 13.3. The van der Waals surface area contributed by atoms with Crippen LogP contribution >= 0.6 is 0 Å². The van der Waals surface area contributed by atoms with Crippen LogP contribution < -0.4 is 5.32 Å². The summed E-state index contributed by atoms with van der Waals surface area (Å²) in [6.45, 7) is 5.54. The number of carbonyl (C=O) groups excluding carboxylic acids is 1. The Morgan fingerprint density at radius 2 is 2.08 bits per heavy atom. The summed E-state index contributed by atoms with van der Waals surface area (Å²) in [7, 11) is 0. The van der Waals surface area contributed by atoms with Crippen LogP contribution in [0.15, 0.2) is 30.5 Å². The van der Waals surface area contributed by atoms with E-state index in [4.69, 9.17) is 5.11 Å². The number of hydrogen-bond donors (Lipinski definition) is 3. The summed E-state index contributed by atoms with van der Waals surface area (Å²) in [5.74, 6) is -0.260. The van der Waals surface area contributed by atoms with Crippen molar-refractivity contribution in [3.63, 3.8) is 0 Å². The summed E-state index contributed by atoms with van der Waals surface area (Å²) in [6, 6.07) is 7.19. The van der Waals surface area contributed by atoms with Crippen LogP contribution in [-0.4, -0.2) is 44.8 Å². The third-order valence-corrected chi connectivity index (χ3v) is 3.98. The number of nitrogens with one attached hydrogen (secondary N) is 1. The molecule has 0 bridgehead atoms. The largest absolute Gasteiger partial charge is 0.396 e. The molecule has 1 atom stereocenters. The van der Waals surface area contributed by atoms with E-state index in [1.54, 1.807) is 31.3 Å². The Labute approximate surface area is 148 Å². The van der Waals surface area contributed by atoms with E-state index in [1.807, 2.05) is 19.9 Å². The predicted octanol–water partition coefficient (Wildman–Crippen LogP) is 2.01. The van der Waals surface area contributed by atoms with Crippen molar-refractivity contribution in [2.24, 2.45) is 0 Å². The van der Waals surface area contributed by atoms with Gasteiger partial charge in [0.05, 0.1) is 22.7 Å². The van der Waals surface area contributed by atoms with E-state index in [-0.39, 0.29) is 19.1 Å². The highest BCUT2D eigenvalue weighted by molar-refractivity contribution is 5.95. The molecule has 1 aromatic heterocycles. The molecule has 0 fully saturated rings. The molecule has 0 saturated heterocycles. The van der Waals surface area contributed by atoms with Gasteiger partial charge in [0.15, 0.2) is 0 Å². The van der Waals surface area contributed by atoms with Crippen LogP contribution in [0.2, 0.25) is 0 Å². The lowest BCUT2D eigenvalue weighted by molar-refractivity contribution is 0.0415. The van der Waals surface area contributed by atoms with Crippen LogP contribution in [0.5, 0.6) is 0 Å². The van der Waals surface area contributed by atoms with Crippen molar-refractivity contribution in [2.45, 2.75) is 39.2 Å². The molecule has 0 aliphatic carbocycles. The van der Waals surface area contributed by atoms with Gasteiger partial charge >= 0.3 is 0 Å². The zero-order valence-electron chi connectivity index (χ0n) is 14.9. The molecule has 0 aliphatic heterocycles. The minimum absolute atomic E-state index is 0.0169. The number of aromatic nitrogens is 2. The molecule has 0 aliphatic rings. The standard InChI is InChI=1S/C19H25N3O3/c1-13-11-20-14(2)17(22-13)15-6-4-7-16(10-15)18(24)21-12-19(3,25)8-5-9-23/h4,6-7,10-11,23,25H,5,8-9,12H2,1-3H3,(H,21,24). The van der Waals surface area contributed by atoms with Crippen molar-refractivity contribution in [2.75, 3.05) is 13.2 Å². The molecule has 0 spiro atoms. The molecule has 6 nitrogen and oxygen atoms in total. The molecule has 2 aromatic rings. The lowest BCUT2D eigenvalue weighted by Gasteiger charge is -2.23. The maximum Gasteiger partial charge on any atom is 0.251 e. The molecular formula is C19H25N3O3.